The van der Waals surface area contributed by atoms with Crippen molar-refractivity contribution in [1.82, 2.24) is 15.0 Å². The first kappa shape index (κ1) is 15.8. The van der Waals surface area contributed by atoms with Crippen molar-refractivity contribution in [2.24, 2.45) is 0 Å². The molecule has 0 bridgehead atoms. The van der Waals surface area contributed by atoms with Crippen molar-refractivity contribution in [1.29, 1.82) is 0 Å². The Morgan fingerprint density at radius 1 is 1.17 bits per heavy atom. The third kappa shape index (κ3) is 4.67. The summed E-state index contributed by atoms with van der Waals surface area (Å²) in [6, 6.07) is 11.5. The average Bonchev–Trinajstić information content (AvgIpc) is 2.99. The molecule has 0 radical (unpaired) electrons. The highest BCUT2D eigenvalue weighted by Crippen LogP contribution is 2.22. The van der Waals surface area contributed by atoms with Crippen LogP contribution < -0.4 is 10.5 Å². The van der Waals surface area contributed by atoms with Gasteiger partial charge >= 0.3 is 0 Å². The van der Waals surface area contributed by atoms with Crippen LogP contribution in [0.15, 0.2) is 46.9 Å². The standard InChI is InChI=1S/C16H16N4OS2/c1-11-7-14(17)20-16(18-11)23-10-12-9-22-15(19-12)8-21-13-5-3-2-4-6-13/h2-7,9H,8,10H2,1H3,(H2,17,18,20). The zero-order valence-corrected chi connectivity index (χ0v) is 14.2. The number of benzene rings is 1. The topological polar surface area (TPSA) is 73.9 Å². The van der Waals surface area contributed by atoms with E-state index in [9.17, 15) is 0 Å². The molecule has 1 aromatic carbocycles. The van der Waals surface area contributed by atoms with Crippen LogP contribution in [-0.2, 0) is 12.4 Å². The number of hydrogen-bond donors (Lipinski definition) is 1. The van der Waals surface area contributed by atoms with E-state index in [0.717, 1.165) is 22.1 Å². The summed E-state index contributed by atoms with van der Waals surface area (Å²) in [7, 11) is 0. The molecule has 0 atom stereocenters. The number of nitrogen functional groups attached to an aromatic ring is 1. The first-order chi connectivity index (χ1) is 11.2. The van der Waals surface area contributed by atoms with Crippen molar-refractivity contribution in [3.05, 3.63) is 58.2 Å². The molecule has 0 saturated carbocycles. The molecule has 23 heavy (non-hydrogen) atoms. The minimum absolute atomic E-state index is 0.479. The molecular weight excluding hydrogens is 328 g/mol. The molecule has 3 aromatic rings. The van der Waals surface area contributed by atoms with E-state index in [1.165, 1.54) is 11.8 Å². The zero-order chi connectivity index (χ0) is 16.1. The monoisotopic (exact) mass is 344 g/mol. The minimum Gasteiger partial charge on any atom is -0.486 e. The highest BCUT2D eigenvalue weighted by molar-refractivity contribution is 7.98. The summed E-state index contributed by atoms with van der Waals surface area (Å²) in [4.78, 5) is 13.1. The SMILES string of the molecule is Cc1cc(N)nc(SCc2csc(COc3ccccc3)n2)n1. The fraction of sp³-hybridized carbons (Fsp3) is 0.188. The van der Waals surface area contributed by atoms with Gasteiger partial charge in [-0.3, -0.25) is 0 Å². The van der Waals surface area contributed by atoms with E-state index in [2.05, 4.69) is 15.0 Å². The normalized spacial score (nSPS) is 10.7. The Hall–Kier alpha value is -2.12. The Kier molecular flexibility index (Phi) is 5.09. The number of aryl methyl sites for hydroxylation is 1. The Morgan fingerprint density at radius 2 is 2.00 bits per heavy atom. The fourth-order valence-electron chi connectivity index (χ4n) is 1.91. The summed E-state index contributed by atoms with van der Waals surface area (Å²) >= 11 is 3.13. The molecule has 0 spiro atoms. The number of nitrogens with two attached hydrogens (primary N) is 1. The van der Waals surface area contributed by atoms with Gasteiger partial charge < -0.3 is 10.5 Å². The number of aromatic nitrogens is 3. The van der Waals surface area contributed by atoms with E-state index in [1.54, 1.807) is 17.4 Å². The molecule has 0 unspecified atom stereocenters. The number of nitrogens with zero attached hydrogens (tertiary/aromatic N) is 3. The number of anilines is 1. The number of hydrogen-bond acceptors (Lipinski definition) is 7. The lowest BCUT2D eigenvalue weighted by Crippen LogP contribution is -1.97. The largest absolute Gasteiger partial charge is 0.486 e. The van der Waals surface area contributed by atoms with Crippen LogP contribution in [0.5, 0.6) is 5.75 Å². The Morgan fingerprint density at radius 3 is 2.78 bits per heavy atom. The lowest BCUT2D eigenvalue weighted by Gasteiger charge is -2.03. The molecule has 0 aliphatic carbocycles. The van der Waals surface area contributed by atoms with Crippen molar-refractivity contribution in [3.63, 3.8) is 0 Å². The predicted molar refractivity (Wildman–Crippen MR) is 93.6 cm³/mol. The van der Waals surface area contributed by atoms with Gasteiger partial charge in [0.05, 0.1) is 5.69 Å². The number of ether oxygens (including phenoxy) is 1. The van der Waals surface area contributed by atoms with Gasteiger partial charge in [-0.2, -0.15) is 0 Å². The minimum atomic E-state index is 0.479. The van der Waals surface area contributed by atoms with E-state index in [-0.39, 0.29) is 0 Å². The second-order valence-electron chi connectivity index (χ2n) is 4.84. The summed E-state index contributed by atoms with van der Waals surface area (Å²) in [5.74, 6) is 2.06. The van der Waals surface area contributed by atoms with Crippen LogP contribution in [0.1, 0.15) is 16.4 Å². The third-order valence-corrected chi connectivity index (χ3v) is 4.66. The average molecular weight is 344 g/mol. The summed E-state index contributed by atoms with van der Waals surface area (Å²) in [5.41, 5.74) is 7.60. The molecule has 0 fully saturated rings. The van der Waals surface area contributed by atoms with Crippen LogP contribution in [0.3, 0.4) is 0 Å². The highest BCUT2D eigenvalue weighted by Gasteiger charge is 2.06. The molecule has 0 aliphatic rings. The number of rotatable bonds is 6. The van der Waals surface area contributed by atoms with Gasteiger partial charge in [-0.25, -0.2) is 15.0 Å². The van der Waals surface area contributed by atoms with Crippen molar-refractivity contribution >= 4 is 28.9 Å². The zero-order valence-electron chi connectivity index (χ0n) is 12.6. The van der Waals surface area contributed by atoms with Gasteiger partial charge in [0.1, 0.15) is 23.2 Å². The quantitative estimate of drug-likeness (QED) is 0.543. The summed E-state index contributed by atoms with van der Waals surface area (Å²) in [5, 5.41) is 3.67. The fourth-order valence-corrected chi connectivity index (χ4v) is 3.53. The molecule has 0 amide bonds. The maximum absolute atomic E-state index is 5.73. The smallest absolute Gasteiger partial charge is 0.190 e. The molecule has 0 saturated heterocycles. The van der Waals surface area contributed by atoms with Gasteiger partial charge in [0.2, 0.25) is 0 Å². The van der Waals surface area contributed by atoms with Crippen LogP contribution in [0.25, 0.3) is 0 Å². The van der Waals surface area contributed by atoms with Gasteiger partial charge in [0.15, 0.2) is 5.16 Å². The van der Waals surface area contributed by atoms with Crippen molar-refractivity contribution in [2.75, 3.05) is 5.73 Å². The Bertz CT molecular complexity index is 757. The molecule has 7 heteroatoms. The van der Waals surface area contributed by atoms with Crippen LogP contribution in [-0.4, -0.2) is 15.0 Å². The molecular formula is C16H16N4OS2. The van der Waals surface area contributed by atoms with E-state index in [1.807, 2.05) is 42.6 Å². The van der Waals surface area contributed by atoms with Gasteiger partial charge in [0.25, 0.3) is 0 Å². The molecule has 2 aromatic heterocycles. The molecule has 3 rings (SSSR count). The van der Waals surface area contributed by atoms with Gasteiger partial charge in [-0.05, 0) is 19.1 Å². The molecule has 5 nitrogen and oxygen atoms in total. The molecule has 2 N–H and O–H groups in total. The number of thioether (sulfide) groups is 1. The van der Waals surface area contributed by atoms with Crippen LogP contribution in [0.4, 0.5) is 5.82 Å². The number of thiazole rings is 1. The van der Waals surface area contributed by atoms with Crippen molar-refractivity contribution in [2.45, 2.75) is 24.4 Å². The van der Waals surface area contributed by atoms with E-state index in [4.69, 9.17) is 10.5 Å². The second kappa shape index (κ2) is 7.43. The van der Waals surface area contributed by atoms with E-state index in [0.29, 0.717) is 23.3 Å². The first-order valence-electron chi connectivity index (χ1n) is 7.04. The highest BCUT2D eigenvalue weighted by atomic mass is 32.2. The maximum atomic E-state index is 5.73. The lowest BCUT2D eigenvalue weighted by molar-refractivity contribution is 0.305. The Balaban J connectivity index is 1.55. The van der Waals surface area contributed by atoms with Crippen LogP contribution in [0.2, 0.25) is 0 Å². The summed E-state index contributed by atoms with van der Waals surface area (Å²) in [6.07, 6.45) is 0. The third-order valence-electron chi connectivity index (χ3n) is 2.91. The van der Waals surface area contributed by atoms with Gasteiger partial charge in [-0.1, -0.05) is 30.0 Å². The summed E-state index contributed by atoms with van der Waals surface area (Å²) < 4.78 is 5.70. The van der Waals surface area contributed by atoms with Crippen molar-refractivity contribution in [3.8, 4) is 5.75 Å². The van der Waals surface area contributed by atoms with Crippen LogP contribution in [0, 0.1) is 6.92 Å². The van der Waals surface area contributed by atoms with Crippen LogP contribution >= 0.6 is 23.1 Å². The second-order valence-corrected chi connectivity index (χ2v) is 6.72. The van der Waals surface area contributed by atoms with Crippen molar-refractivity contribution < 1.29 is 4.74 Å². The maximum Gasteiger partial charge on any atom is 0.190 e. The molecule has 118 valence electrons. The number of para-hydroxylation sites is 1. The van der Waals surface area contributed by atoms with E-state index >= 15 is 0 Å². The van der Waals surface area contributed by atoms with Gasteiger partial charge in [0, 0.05) is 22.9 Å². The first-order valence-corrected chi connectivity index (χ1v) is 8.90. The molecule has 0 aliphatic heterocycles. The van der Waals surface area contributed by atoms with E-state index < -0.39 is 0 Å². The Labute approximate surface area is 143 Å². The predicted octanol–water partition coefficient (Wildman–Crippen LogP) is 3.70. The lowest BCUT2D eigenvalue weighted by atomic mass is 10.3. The molecule has 2 heterocycles. The van der Waals surface area contributed by atoms with Gasteiger partial charge in [-0.15, -0.1) is 11.3 Å². The summed E-state index contributed by atoms with van der Waals surface area (Å²) in [6.45, 7) is 2.39.